The van der Waals surface area contributed by atoms with Crippen LogP contribution in [0.15, 0.2) is 23.6 Å². The maximum Gasteiger partial charge on any atom is 0.262 e. The Morgan fingerprint density at radius 1 is 1.12 bits per heavy atom. The lowest BCUT2D eigenvalue weighted by atomic mass is 9.84. The number of nitrogens with zero attached hydrogens (tertiary/aromatic N) is 2. The minimum atomic E-state index is -0.960. The third-order valence-electron chi connectivity index (χ3n) is 6.60. The van der Waals surface area contributed by atoms with Crippen molar-refractivity contribution in [1.29, 1.82) is 0 Å². The average Bonchev–Trinajstić information content (AvgIpc) is 3.36. The number of aromatic nitrogens is 1. The monoisotopic (exact) mass is 467 g/mol. The highest BCUT2D eigenvalue weighted by molar-refractivity contribution is 7.13. The lowest BCUT2D eigenvalue weighted by Gasteiger charge is -2.27. The highest BCUT2D eigenvalue weighted by atomic mass is 32.1. The fourth-order valence-electron chi connectivity index (χ4n) is 4.86. The Morgan fingerprint density at radius 3 is 2.73 bits per heavy atom. The molecular formula is C23H25N5O4S. The lowest BCUT2D eigenvalue weighted by Crippen LogP contribution is -2.54. The molecule has 0 spiro atoms. The molecule has 2 fully saturated rings. The van der Waals surface area contributed by atoms with Crippen molar-refractivity contribution in [3.63, 3.8) is 0 Å². The van der Waals surface area contributed by atoms with E-state index in [0.717, 1.165) is 47.0 Å². The number of hydrogen-bond acceptors (Lipinski definition) is 8. The number of imide groups is 2. The van der Waals surface area contributed by atoms with Gasteiger partial charge < -0.3 is 11.1 Å². The molecule has 2 aliphatic heterocycles. The van der Waals surface area contributed by atoms with Gasteiger partial charge in [-0.15, -0.1) is 11.3 Å². The van der Waals surface area contributed by atoms with Gasteiger partial charge in [-0.1, -0.05) is 12.5 Å². The summed E-state index contributed by atoms with van der Waals surface area (Å²) in [5, 5.41) is 8.39. The zero-order valence-electron chi connectivity index (χ0n) is 18.0. The fourth-order valence-corrected chi connectivity index (χ4v) is 5.65. The van der Waals surface area contributed by atoms with Gasteiger partial charge in [-0.25, -0.2) is 4.98 Å². The second-order valence-corrected chi connectivity index (χ2v) is 9.74. The molecule has 5 rings (SSSR count). The maximum absolute atomic E-state index is 13.0. The summed E-state index contributed by atoms with van der Waals surface area (Å²) in [6.45, 7) is 0.449. The quantitative estimate of drug-likeness (QED) is 0.574. The van der Waals surface area contributed by atoms with E-state index in [1.165, 1.54) is 0 Å². The number of nitrogens with two attached hydrogens (primary N) is 1. The lowest BCUT2D eigenvalue weighted by molar-refractivity contribution is -0.136. The van der Waals surface area contributed by atoms with Crippen LogP contribution in [0.3, 0.4) is 0 Å². The predicted molar refractivity (Wildman–Crippen MR) is 122 cm³/mol. The van der Waals surface area contributed by atoms with Gasteiger partial charge in [0.1, 0.15) is 6.04 Å². The molecule has 10 heteroatoms. The molecule has 3 heterocycles. The molecule has 0 radical (unpaired) electrons. The van der Waals surface area contributed by atoms with Gasteiger partial charge in [0.2, 0.25) is 11.8 Å². The van der Waals surface area contributed by atoms with Gasteiger partial charge in [0.15, 0.2) is 5.13 Å². The highest BCUT2D eigenvalue weighted by Gasteiger charge is 2.44. The SMILES string of the molecule is N[C@@H]1CCC[C@H](c2csc(NCc3ccc4c(c3)C(=O)N(C3CCC(=O)NC3=O)C4=O)n2)C1. The molecular weight excluding hydrogens is 442 g/mol. The van der Waals surface area contributed by atoms with E-state index in [9.17, 15) is 19.2 Å². The molecule has 1 aliphatic carbocycles. The Bertz CT molecular complexity index is 1150. The number of carbonyl (C=O) groups is 4. The van der Waals surface area contributed by atoms with Gasteiger partial charge in [-0.3, -0.25) is 29.4 Å². The van der Waals surface area contributed by atoms with Crippen LogP contribution in [-0.2, 0) is 16.1 Å². The number of carbonyl (C=O) groups excluding carboxylic acids is 4. The molecule has 3 atom stereocenters. The van der Waals surface area contributed by atoms with Gasteiger partial charge in [0.05, 0.1) is 16.8 Å². The zero-order chi connectivity index (χ0) is 23.1. The van der Waals surface area contributed by atoms with Crippen LogP contribution in [-0.4, -0.2) is 45.6 Å². The van der Waals surface area contributed by atoms with Crippen LogP contribution in [0.4, 0.5) is 5.13 Å². The van der Waals surface area contributed by atoms with Crippen molar-refractivity contribution in [3.05, 3.63) is 46.0 Å². The smallest absolute Gasteiger partial charge is 0.262 e. The maximum atomic E-state index is 13.0. The summed E-state index contributed by atoms with van der Waals surface area (Å²) in [6.07, 6.45) is 4.52. The molecule has 33 heavy (non-hydrogen) atoms. The fraction of sp³-hybridized carbons (Fsp3) is 0.435. The Balaban J connectivity index is 1.26. The first-order valence-corrected chi connectivity index (χ1v) is 12.1. The third kappa shape index (κ3) is 4.16. The van der Waals surface area contributed by atoms with Crippen LogP contribution in [0.2, 0.25) is 0 Å². The van der Waals surface area contributed by atoms with Gasteiger partial charge in [-0.2, -0.15) is 0 Å². The van der Waals surface area contributed by atoms with Crippen LogP contribution < -0.4 is 16.4 Å². The number of piperidine rings is 1. The Hall–Kier alpha value is -3.11. The first-order valence-electron chi connectivity index (χ1n) is 11.2. The topological polar surface area (TPSA) is 134 Å². The van der Waals surface area contributed by atoms with Gasteiger partial charge in [0, 0.05) is 30.3 Å². The minimum Gasteiger partial charge on any atom is -0.357 e. The summed E-state index contributed by atoms with van der Waals surface area (Å²) in [7, 11) is 0. The molecule has 4 N–H and O–H groups in total. The zero-order valence-corrected chi connectivity index (χ0v) is 18.8. The summed E-state index contributed by atoms with van der Waals surface area (Å²) < 4.78 is 0. The summed E-state index contributed by atoms with van der Waals surface area (Å²) in [5.41, 5.74) is 8.57. The van der Waals surface area contributed by atoms with Crippen LogP contribution in [0.5, 0.6) is 0 Å². The molecule has 0 bridgehead atoms. The number of benzene rings is 1. The van der Waals surface area contributed by atoms with Crippen LogP contribution in [0.1, 0.15) is 76.4 Å². The van der Waals surface area contributed by atoms with Crippen LogP contribution in [0.25, 0.3) is 0 Å². The minimum absolute atomic E-state index is 0.0988. The number of amides is 4. The van der Waals surface area contributed by atoms with E-state index in [-0.39, 0.29) is 30.0 Å². The molecule has 3 aliphatic rings. The molecule has 4 amide bonds. The molecule has 1 saturated carbocycles. The van der Waals surface area contributed by atoms with Gasteiger partial charge in [-0.05, 0) is 43.4 Å². The Kier molecular flexibility index (Phi) is 5.71. The first kappa shape index (κ1) is 21.7. The second kappa shape index (κ2) is 8.68. The molecule has 2 aromatic rings. The molecule has 1 aromatic carbocycles. The van der Waals surface area contributed by atoms with E-state index in [1.807, 2.05) is 0 Å². The second-order valence-electron chi connectivity index (χ2n) is 8.88. The molecule has 1 aromatic heterocycles. The normalized spacial score (nSPS) is 25.2. The molecule has 9 nitrogen and oxygen atoms in total. The highest BCUT2D eigenvalue weighted by Crippen LogP contribution is 2.34. The number of hydrogen-bond donors (Lipinski definition) is 3. The largest absolute Gasteiger partial charge is 0.357 e. The summed E-state index contributed by atoms with van der Waals surface area (Å²) in [5.74, 6) is -1.60. The summed E-state index contributed by atoms with van der Waals surface area (Å²) in [6, 6.07) is 4.38. The first-order chi connectivity index (χ1) is 15.9. The predicted octanol–water partition coefficient (Wildman–Crippen LogP) is 2.14. The van der Waals surface area contributed by atoms with E-state index in [2.05, 4.69) is 16.0 Å². The summed E-state index contributed by atoms with van der Waals surface area (Å²) in [4.78, 5) is 55.1. The van der Waals surface area contributed by atoms with E-state index < -0.39 is 29.7 Å². The van der Waals surface area contributed by atoms with Crippen molar-refractivity contribution in [2.24, 2.45) is 5.73 Å². The van der Waals surface area contributed by atoms with Crippen molar-refractivity contribution in [3.8, 4) is 0 Å². The van der Waals surface area contributed by atoms with Crippen molar-refractivity contribution >= 4 is 40.1 Å². The average molecular weight is 468 g/mol. The van der Waals surface area contributed by atoms with Crippen molar-refractivity contribution in [1.82, 2.24) is 15.2 Å². The number of nitrogens with one attached hydrogen (secondary N) is 2. The molecule has 1 saturated heterocycles. The van der Waals surface area contributed by atoms with Crippen molar-refractivity contribution in [2.75, 3.05) is 5.32 Å². The van der Waals surface area contributed by atoms with Crippen molar-refractivity contribution < 1.29 is 19.2 Å². The van der Waals surface area contributed by atoms with E-state index in [4.69, 9.17) is 10.7 Å². The third-order valence-corrected chi connectivity index (χ3v) is 7.42. The standard InChI is InChI=1S/C23H25N5O4S/c24-14-3-1-2-13(9-14)17-11-33-23(26-17)25-10-12-4-5-15-16(8-12)22(32)28(21(15)31)18-6-7-19(29)27-20(18)30/h4-5,8,11,13-14,18H,1-3,6-7,9-10,24H2,(H,25,26)(H,27,29,30)/t13-,14+,18?/m0/s1. The number of anilines is 1. The Labute approximate surface area is 194 Å². The number of rotatable bonds is 5. The van der Waals surface area contributed by atoms with Crippen LogP contribution >= 0.6 is 11.3 Å². The molecule has 1 unspecified atom stereocenters. The number of fused-ring (bicyclic) bond motifs is 1. The van der Waals surface area contributed by atoms with E-state index in [0.29, 0.717) is 12.5 Å². The summed E-state index contributed by atoms with van der Waals surface area (Å²) >= 11 is 1.55. The van der Waals surface area contributed by atoms with Crippen molar-refractivity contribution in [2.45, 2.75) is 63.1 Å². The Morgan fingerprint density at radius 2 is 1.94 bits per heavy atom. The van der Waals surface area contributed by atoms with Gasteiger partial charge >= 0.3 is 0 Å². The van der Waals surface area contributed by atoms with Gasteiger partial charge in [0.25, 0.3) is 11.8 Å². The van der Waals surface area contributed by atoms with E-state index in [1.54, 1.807) is 29.5 Å². The molecule has 172 valence electrons. The number of thiazole rings is 1. The van der Waals surface area contributed by atoms with E-state index >= 15 is 0 Å². The van der Waals surface area contributed by atoms with Crippen LogP contribution in [0, 0.1) is 0 Å².